The largest absolute Gasteiger partial charge is 0.497 e. The number of hydrogen-bond donors (Lipinski definition) is 0. The average molecular weight is 313 g/mol. The molecule has 0 saturated heterocycles. The SMILES string of the molecule is COc1ccc(-c2cc3c(SCC(C)C)nccn3n2)cc1. The fourth-order valence-electron chi connectivity index (χ4n) is 2.16. The van der Waals surface area contributed by atoms with Crippen molar-refractivity contribution in [2.24, 2.45) is 5.92 Å². The molecule has 0 bridgehead atoms. The summed E-state index contributed by atoms with van der Waals surface area (Å²) < 4.78 is 7.10. The molecular weight excluding hydrogens is 294 g/mol. The first-order valence-electron chi connectivity index (χ1n) is 7.29. The van der Waals surface area contributed by atoms with E-state index in [2.05, 4.69) is 30.0 Å². The smallest absolute Gasteiger partial charge is 0.122 e. The molecule has 0 aliphatic carbocycles. The molecule has 0 spiro atoms. The molecule has 2 heterocycles. The van der Waals surface area contributed by atoms with E-state index in [0.29, 0.717) is 5.92 Å². The van der Waals surface area contributed by atoms with Crippen LogP contribution in [0.5, 0.6) is 5.75 Å². The van der Waals surface area contributed by atoms with Gasteiger partial charge in [0.25, 0.3) is 0 Å². The van der Waals surface area contributed by atoms with Gasteiger partial charge in [0.2, 0.25) is 0 Å². The Hall–Kier alpha value is -2.01. The fraction of sp³-hybridized carbons (Fsp3) is 0.294. The summed E-state index contributed by atoms with van der Waals surface area (Å²) in [5, 5.41) is 5.68. The number of fused-ring (bicyclic) bond motifs is 1. The summed E-state index contributed by atoms with van der Waals surface area (Å²) in [6, 6.07) is 10.0. The van der Waals surface area contributed by atoms with Gasteiger partial charge in [-0.15, -0.1) is 11.8 Å². The highest BCUT2D eigenvalue weighted by Crippen LogP contribution is 2.27. The van der Waals surface area contributed by atoms with Gasteiger partial charge in [-0.1, -0.05) is 13.8 Å². The molecule has 0 radical (unpaired) electrons. The highest BCUT2D eigenvalue weighted by atomic mass is 32.2. The van der Waals surface area contributed by atoms with E-state index >= 15 is 0 Å². The van der Waals surface area contributed by atoms with Gasteiger partial charge < -0.3 is 4.74 Å². The number of thioether (sulfide) groups is 1. The lowest BCUT2D eigenvalue weighted by atomic mass is 10.1. The van der Waals surface area contributed by atoms with Crippen LogP contribution in [0.15, 0.2) is 47.8 Å². The maximum atomic E-state index is 5.20. The first kappa shape index (κ1) is 14.9. The zero-order valence-corrected chi connectivity index (χ0v) is 13.8. The van der Waals surface area contributed by atoms with E-state index in [-0.39, 0.29) is 0 Å². The predicted octanol–water partition coefficient (Wildman–Crippen LogP) is 4.15. The monoisotopic (exact) mass is 313 g/mol. The van der Waals surface area contributed by atoms with Crippen LogP contribution in [0.4, 0.5) is 0 Å². The zero-order valence-electron chi connectivity index (χ0n) is 13.0. The van der Waals surface area contributed by atoms with Crippen LogP contribution in [0.1, 0.15) is 13.8 Å². The molecule has 3 rings (SSSR count). The molecule has 4 nitrogen and oxygen atoms in total. The minimum atomic E-state index is 0.635. The Bertz CT molecular complexity index is 765. The van der Waals surface area contributed by atoms with Crippen molar-refractivity contribution in [1.82, 2.24) is 14.6 Å². The Morgan fingerprint density at radius 2 is 2.00 bits per heavy atom. The topological polar surface area (TPSA) is 39.4 Å². The Morgan fingerprint density at radius 3 is 2.68 bits per heavy atom. The van der Waals surface area contributed by atoms with Crippen molar-refractivity contribution in [3.05, 3.63) is 42.7 Å². The lowest BCUT2D eigenvalue weighted by Gasteiger charge is -2.04. The van der Waals surface area contributed by atoms with Crippen LogP contribution < -0.4 is 4.74 Å². The Balaban J connectivity index is 1.96. The summed E-state index contributed by atoms with van der Waals surface area (Å²) in [6.07, 6.45) is 3.70. The third-order valence-corrected chi connectivity index (χ3v) is 4.71. The molecule has 0 aliphatic rings. The van der Waals surface area contributed by atoms with E-state index in [9.17, 15) is 0 Å². The standard InChI is InChI=1S/C17H19N3OS/c1-12(2)11-22-17-16-10-15(19-20(16)9-8-18-17)13-4-6-14(21-3)7-5-13/h4-10,12H,11H2,1-3H3. The highest BCUT2D eigenvalue weighted by Gasteiger charge is 2.10. The summed E-state index contributed by atoms with van der Waals surface area (Å²) in [5.74, 6) is 2.54. The number of methoxy groups -OCH3 is 1. The summed E-state index contributed by atoms with van der Waals surface area (Å²) in [4.78, 5) is 4.50. The van der Waals surface area contributed by atoms with Crippen molar-refractivity contribution in [2.75, 3.05) is 12.9 Å². The molecule has 3 aromatic rings. The van der Waals surface area contributed by atoms with Gasteiger partial charge >= 0.3 is 0 Å². The Labute approximate surface area is 134 Å². The van der Waals surface area contributed by atoms with Gasteiger partial charge in [0.05, 0.1) is 18.3 Å². The van der Waals surface area contributed by atoms with Crippen LogP contribution in [0.2, 0.25) is 0 Å². The van der Waals surface area contributed by atoms with Gasteiger partial charge in [-0.2, -0.15) is 5.10 Å². The van der Waals surface area contributed by atoms with E-state index < -0.39 is 0 Å². The number of ether oxygens (including phenoxy) is 1. The van der Waals surface area contributed by atoms with E-state index in [1.165, 1.54) is 0 Å². The molecule has 0 fully saturated rings. The lowest BCUT2D eigenvalue weighted by Crippen LogP contribution is -1.94. The predicted molar refractivity (Wildman–Crippen MR) is 90.5 cm³/mol. The third-order valence-electron chi connectivity index (χ3n) is 3.29. The lowest BCUT2D eigenvalue weighted by molar-refractivity contribution is 0.415. The van der Waals surface area contributed by atoms with Gasteiger partial charge in [-0.3, -0.25) is 0 Å². The Morgan fingerprint density at radius 1 is 1.23 bits per heavy atom. The number of benzene rings is 1. The minimum absolute atomic E-state index is 0.635. The van der Waals surface area contributed by atoms with Gasteiger partial charge in [0.15, 0.2) is 0 Å². The van der Waals surface area contributed by atoms with Gasteiger partial charge in [0.1, 0.15) is 10.8 Å². The van der Waals surface area contributed by atoms with Gasteiger partial charge in [0, 0.05) is 23.7 Å². The number of hydrogen-bond acceptors (Lipinski definition) is 4. The molecule has 5 heteroatoms. The van der Waals surface area contributed by atoms with Gasteiger partial charge in [-0.25, -0.2) is 9.50 Å². The average Bonchev–Trinajstić information content (AvgIpc) is 2.97. The van der Waals surface area contributed by atoms with Crippen molar-refractivity contribution in [3.8, 4) is 17.0 Å². The van der Waals surface area contributed by atoms with Crippen molar-refractivity contribution >= 4 is 17.3 Å². The van der Waals surface area contributed by atoms with Crippen LogP contribution in [0, 0.1) is 5.92 Å². The molecule has 22 heavy (non-hydrogen) atoms. The van der Waals surface area contributed by atoms with Gasteiger partial charge in [-0.05, 0) is 36.2 Å². The first-order valence-corrected chi connectivity index (χ1v) is 8.27. The molecule has 114 valence electrons. The maximum Gasteiger partial charge on any atom is 0.122 e. The van der Waals surface area contributed by atoms with E-state index in [1.54, 1.807) is 25.1 Å². The fourth-order valence-corrected chi connectivity index (χ4v) is 3.08. The van der Waals surface area contributed by atoms with Crippen LogP contribution in [-0.4, -0.2) is 27.5 Å². The number of nitrogens with zero attached hydrogens (tertiary/aromatic N) is 3. The highest BCUT2D eigenvalue weighted by molar-refractivity contribution is 7.99. The van der Waals surface area contributed by atoms with E-state index in [0.717, 1.165) is 33.3 Å². The van der Waals surface area contributed by atoms with Crippen molar-refractivity contribution < 1.29 is 4.74 Å². The van der Waals surface area contributed by atoms with Crippen LogP contribution >= 0.6 is 11.8 Å². The summed E-state index contributed by atoms with van der Waals surface area (Å²) in [7, 11) is 1.67. The summed E-state index contributed by atoms with van der Waals surface area (Å²) in [6.45, 7) is 4.43. The normalized spacial score (nSPS) is 11.3. The minimum Gasteiger partial charge on any atom is -0.497 e. The molecular formula is C17H19N3OS. The second-order valence-corrected chi connectivity index (χ2v) is 6.53. The van der Waals surface area contributed by atoms with Crippen LogP contribution in [0.25, 0.3) is 16.8 Å². The van der Waals surface area contributed by atoms with Crippen molar-refractivity contribution in [3.63, 3.8) is 0 Å². The molecule has 0 atom stereocenters. The molecule has 0 amide bonds. The van der Waals surface area contributed by atoms with Crippen LogP contribution in [-0.2, 0) is 0 Å². The van der Waals surface area contributed by atoms with E-state index in [1.807, 2.05) is 35.0 Å². The summed E-state index contributed by atoms with van der Waals surface area (Å²) in [5.41, 5.74) is 3.07. The van der Waals surface area contributed by atoms with Crippen LogP contribution in [0.3, 0.4) is 0 Å². The molecule has 0 aliphatic heterocycles. The second-order valence-electron chi connectivity index (χ2n) is 5.53. The molecule has 1 aromatic carbocycles. The van der Waals surface area contributed by atoms with Crippen molar-refractivity contribution in [2.45, 2.75) is 18.9 Å². The molecule has 0 unspecified atom stereocenters. The number of aromatic nitrogens is 3. The number of rotatable bonds is 5. The quantitative estimate of drug-likeness (QED) is 0.663. The molecule has 2 aromatic heterocycles. The van der Waals surface area contributed by atoms with Crippen molar-refractivity contribution in [1.29, 1.82) is 0 Å². The Kier molecular flexibility index (Phi) is 4.34. The maximum absolute atomic E-state index is 5.20. The molecule has 0 saturated carbocycles. The zero-order chi connectivity index (χ0) is 15.5. The third kappa shape index (κ3) is 3.09. The second kappa shape index (κ2) is 6.40. The molecule has 0 N–H and O–H groups in total. The summed E-state index contributed by atoms with van der Waals surface area (Å²) >= 11 is 1.78. The first-order chi connectivity index (χ1) is 10.7. The van der Waals surface area contributed by atoms with E-state index in [4.69, 9.17) is 4.74 Å².